The molecule has 0 radical (unpaired) electrons. The predicted molar refractivity (Wildman–Crippen MR) is 47.7 cm³/mol. The molecule has 1 atom stereocenters. The molecule has 1 unspecified atom stereocenters. The van der Waals surface area contributed by atoms with E-state index in [1.54, 1.807) is 0 Å². The minimum Gasteiger partial charge on any atom is -0.343 e. The summed E-state index contributed by atoms with van der Waals surface area (Å²) in [6.07, 6.45) is 2.96. The number of amides is 1. The van der Waals surface area contributed by atoms with Crippen molar-refractivity contribution in [3.05, 3.63) is 18.0 Å². The first-order chi connectivity index (χ1) is 6.77. The molecule has 0 aromatic carbocycles. The third-order valence-corrected chi connectivity index (χ3v) is 2.07. The normalized spacial score (nSPS) is 21.7. The zero-order valence-electron chi connectivity index (χ0n) is 7.41. The van der Waals surface area contributed by atoms with E-state index in [-0.39, 0.29) is 18.2 Å². The van der Waals surface area contributed by atoms with E-state index in [0.29, 0.717) is 12.1 Å². The van der Waals surface area contributed by atoms with Gasteiger partial charge in [-0.05, 0) is 0 Å². The Kier molecular flexibility index (Phi) is 2.28. The molecule has 0 saturated carbocycles. The van der Waals surface area contributed by atoms with Crippen LogP contribution in [0.2, 0.25) is 0 Å². The summed E-state index contributed by atoms with van der Waals surface area (Å²) in [5.41, 5.74) is 0.485. The average molecular weight is 194 g/mol. The van der Waals surface area contributed by atoms with Crippen molar-refractivity contribution in [1.29, 1.82) is 0 Å². The molecule has 1 amide bonds. The van der Waals surface area contributed by atoms with Gasteiger partial charge in [0.2, 0.25) is 5.91 Å². The van der Waals surface area contributed by atoms with Crippen molar-refractivity contribution in [3.63, 3.8) is 0 Å². The maximum Gasteiger partial charge on any atom is 0.234 e. The minimum absolute atomic E-state index is 0.126. The van der Waals surface area contributed by atoms with Crippen molar-refractivity contribution in [1.82, 2.24) is 20.8 Å². The van der Waals surface area contributed by atoms with Crippen LogP contribution in [0.3, 0.4) is 0 Å². The summed E-state index contributed by atoms with van der Waals surface area (Å²) >= 11 is 0. The number of hydrogen-bond donors (Lipinski definition) is 3. The number of aromatic nitrogens is 2. The fourth-order valence-corrected chi connectivity index (χ4v) is 1.37. The molecule has 6 heteroatoms. The van der Waals surface area contributed by atoms with Gasteiger partial charge >= 0.3 is 0 Å². The molecule has 74 valence electrons. The molecule has 1 aromatic heterocycles. The van der Waals surface area contributed by atoms with Crippen molar-refractivity contribution in [3.8, 4) is 0 Å². The highest BCUT2D eigenvalue weighted by Crippen LogP contribution is 2.01. The van der Waals surface area contributed by atoms with Crippen molar-refractivity contribution >= 4 is 11.7 Å². The van der Waals surface area contributed by atoms with Gasteiger partial charge in [-0.3, -0.25) is 14.7 Å². The SMILES string of the molecule is O=C1CNCC(C(=O)c2cn[nH]c2)N1. The fraction of sp³-hybridized carbons (Fsp3) is 0.375. The van der Waals surface area contributed by atoms with Gasteiger partial charge in [0.15, 0.2) is 5.78 Å². The Morgan fingerprint density at radius 2 is 2.43 bits per heavy atom. The van der Waals surface area contributed by atoms with E-state index in [0.717, 1.165) is 0 Å². The number of rotatable bonds is 2. The van der Waals surface area contributed by atoms with Crippen molar-refractivity contribution in [2.45, 2.75) is 6.04 Å². The van der Waals surface area contributed by atoms with E-state index in [9.17, 15) is 9.59 Å². The van der Waals surface area contributed by atoms with E-state index in [1.807, 2.05) is 0 Å². The van der Waals surface area contributed by atoms with Crippen LogP contribution < -0.4 is 10.6 Å². The number of carbonyl (C=O) groups is 2. The average Bonchev–Trinajstić information content (AvgIpc) is 2.69. The lowest BCUT2D eigenvalue weighted by Crippen LogP contribution is -2.55. The standard InChI is InChI=1S/C8H10N4O2/c13-7-4-9-3-6(12-7)8(14)5-1-10-11-2-5/h1-2,6,9H,3-4H2,(H,10,11)(H,12,13). The van der Waals surface area contributed by atoms with Gasteiger partial charge in [0, 0.05) is 12.7 Å². The maximum atomic E-state index is 11.7. The van der Waals surface area contributed by atoms with Crippen molar-refractivity contribution < 1.29 is 9.59 Å². The molecule has 0 spiro atoms. The van der Waals surface area contributed by atoms with Crippen LogP contribution in [0.5, 0.6) is 0 Å². The molecule has 2 rings (SSSR count). The third kappa shape index (κ3) is 1.64. The Hall–Kier alpha value is -1.69. The fourth-order valence-electron chi connectivity index (χ4n) is 1.37. The first-order valence-electron chi connectivity index (χ1n) is 4.30. The Balaban J connectivity index is 2.08. The maximum absolute atomic E-state index is 11.7. The summed E-state index contributed by atoms with van der Waals surface area (Å²) in [5.74, 6) is -0.280. The number of piperazine rings is 1. The lowest BCUT2D eigenvalue weighted by Gasteiger charge is -2.22. The molecule has 0 bridgehead atoms. The molecular weight excluding hydrogens is 184 g/mol. The number of nitrogens with zero attached hydrogens (tertiary/aromatic N) is 1. The van der Waals surface area contributed by atoms with E-state index < -0.39 is 6.04 Å². The van der Waals surface area contributed by atoms with Crippen LogP contribution in [-0.4, -0.2) is 41.0 Å². The zero-order valence-corrected chi connectivity index (χ0v) is 7.41. The lowest BCUT2D eigenvalue weighted by atomic mass is 10.1. The third-order valence-electron chi connectivity index (χ3n) is 2.07. The summed E-state index contributed by atoms with van der Waals surface area (Å²) < 4.78 is 0. The number of hydrogen-bond acceptors (Lipinski definition) is 4. The quantitative estimate of drug-likeness (QED) is 0.510. The molecule has 1 aliphatic rings. The van der Waals surface area contributed by atoms with Crippen LogP contribution in [0.25, 0.3) is 0 Å². The van der Waals surface area contributed by atoms with Gasteiger partial charge in [-0.15, -0.1) is 0 Å². The van der Waals surface area contributed by atoms with Gasteiger partial charge in [0.25, 0.3) is 0 Å². The second kappa shape index (κ2) is 3.59. The van der Waals surface area contributed by atoms with Crippen LogP contribution in [0, 0.1) is 0 Å². The van der Waals surface area contributed by atoms with Gasteiger partial charge < -0.3 is 10.6 Å². The Labute approximate surface area is 80.1 Å². The largest absolute Gasteiger partial charge is 0.343 e. The molecular formula is C8H10N4O2. The van der Waals surface area contributed by atoms with Gasteiger partial charge in [-0.2, -0.15) is 5.10 Å². The minimum atomic E-state index is -0.478. The lowest BCUT2D eigenvalue weighted by molar-refractivity contribution is -0.121. The van der Waals surface area contributed by atoms with Crippen LogP contribution in [-0.2, 0) is 4.79 Å². The number of H-pyrrole nitrogens is 1. The van der Waals surface area contributed by atoms with Crippen LogP contribution in [0.15, 0.2) is 12.4 Å². The topological polar surface area (TPSA) is 86.9 Å². The zero-order chi connectivity index (χ0) is 9.97. The summed E-state index contributed by atoms with van der Waals surface area (Å²) in [6, 6.07) is -0.478. The number of aromatic amines is 1. The first-order valence-corrected chi connectivity index (χ1v) is 4.30. The van der Waals surface area contributed by atoms with E-state index >= 15 is 0 Å². The highest BCUT2D eigenvalue weighted by atomic mass is 16.2. The second-order valence-corrected chi connectivity index (χ2v) is 3.10. The number of ketones is 1. The molecule has 1 aromatic rings. The van der Waals surface area contributed by atoms with Crippen LogP contribution in [0.1, 0.15) is 10.4 Å². The summed E-state index contributed by atoms with van der Waals surface area (Å²) in [7, 11) is 0. The first kappa shape index (κ1) is 8.89. The van der Waals surface area contributed by atoms with E-state index in [4.69, 9.17) is 0 Å². The smallest absolute Gasteiger partial charge is 0.234 e. The molecule has 1 aliphatic heterocycles. The Morgan fingerprint density at radius 3 is 3.07 bits per heavy atom. The monoisotopic (exact) mass is 194 g/mol. The van der Waals surface area contributed by atoms with Crippen molar-refractivity contribution in [2.75, 3.05) is 13.1 Å². The van der Waals surface area contributed by atoms with Gasteiger partial charge in [-0.25, -0.2) is 0 Å². The summed E-state index contributed by atoms with van der Waals surface area (Å²) in [5, 5.41) is 11.7. The van der Waals surface area contributed by atoms with Crippen molar-refractivity contribution in [2.24, 2.45) is 0 Å². The molecule has 1 fully saturated rings. The van der Waals surface area contributed by atoms with E-state index in [2.05, 4.69) is 20.8 Å². The van der Waals surface area contributed by atoms with Gasteiger partial charge in [-0.1, -0.05) is 0 Å². The van der Waals surface area contributed by atoms with Gasteiger partial charge in [0.1, 0.15) is 6.04 Å². The Bertz CT molecular complexity index is 346. The molecule has 3 N–H and O–H groups in total. The highest BCUT2D eigenvalue weighted by molar-refractivity contribution is 6.02. The molecule has 1 saturated heterocycles. The highest BCUT2D eigenvalue weighted by Gasteiger charge is 2.25. The number of nitrogens with one attached hydrogen (secondary N) is 3. The summed E-state index contributed by atoms with van der Waals surface area (Å²) in [4.78, 5) is 22.7. The van der Waals surface area contributed by atoms with E-state index in [1.165, 1.54) is 12.4 Å². The number of carbonyl (C=O) groups excluding carboxylic acids is 2. The number of Topliss-reactive ketones (excluding diaryl/α,β-unsaturated/α-hetero) is 1. The Morgan fingerprint density at radius 1 is 1.57 bits per heavy atom. The molecule has 6 nitrogen and oxygen atoms in total. The molecule has 14 heavy (non-hydrogen) atoms. The van der Waals surface area contributed by atoms with Crippen LogP contribution in [0.4, 0.5) is 0 Å². The second-order valence-electron chi connectivity index (χ2n) is 3.10. The predicted octanol–water partition coefficient (Wildman–Crippen LogP) is -1.32. The molecule has 2 heterocycles. The molecule has 0 aliphatic carbocycles. The van der Waals surface area contributed by atoms with Crippen LogP contribution >= 0.6 is 0 Å². The van der Waals surface area contributed by atoms with Gasteiger partial charge in [0.05, 0.1) is 18.3 Å². The summed E-state index contributed by atoms with van der Waals surface area (Å²) in [6.45, 7) is 0.741.